The molecule has 0 saturated heterocycles. The summed E-state index contributed by atoms with van der Waals surface area (Å²) in [5.41, 5.74) is -0.971. The molecule has 0 aliphatic rings. The summed E-state index contributed by atoms with van der Waals surface area (Å²) in [6, 6.07) is 104. The molecule has 3 heteroatoms. The van der Waals surface area contributed by atoms with Gasteiger partial charge in [-0.2, -0.15) is 0 Å². The fourth-order valence-electron chi connectivity index (χ4n) is 11.0. The number of rotatable bonds is 16. The Bertz CT molecular complexity index is 2960. The van der Waals surface area contributed by atoms with Gasteiger partial charge in [0.1, 0.15) is 11.4 Å². The van der Waals surface area contributed by atoms with E-state index in [2.05, 4.69) is 194 Å². The van der Waals surface area contributed by atoms with Crippen LogP contribution in [0.1, 0.15) is 57.0 Å². The van der Waals surface area contributed by atoms with E-state index in [0.717, 1.165) is 44.5 Å². The van der Waals surface area contributed by atoms with Crippen LogP contribution in [-0.2, 0) is 32.6 Å². The predicted molar refractivity (Wildman–Crippen MR) is 279 cm³/mol. The number of benzene rings is 10. The zero-order valence-electron chi connectivity index (χ0n) is 38.6. The maximum absolute atomic E-state index is 14.5. The highest BCUT2D eigenvalue weighted by Crippen LogP contribution is 2.68. The van der Waals surface area contributed by atoms with E-state index < -0.39 is 27.8 Å². The summed E-state index contributed by atoms with van der Waals surface area (Å²) in [5.74, 6) is 0.622. The van der Waals surface area contributed by atoms with E-state index in [1.165, 1.54) is 0 Å². The lowest BCUT2D eigenvalue weighted by Gasteiger charge is -2.64. The van der Waals surface area contributed by atoms with Gasteiger partial charge in [0, 0.05) is 11.1 Å². The minimum absolute atomic E-state index is 0.622. The van der Waals surface area contributed by atoms with Gasteiger partial charge in [0.25, 0.3) is 0 Å². The van der Waals surface area contributed by atoms with Crippen molar-refractivity contribution in [2.24, 2.45) is 0 Å². The molecule has 0 saturated carbocycles. The second-order valence-electron chi connectivity index (χ2n) is 17.7. The molecule has 0 heterocycles. The van der Waals surface area contributed by atoms with Crippen molar-refractivity contribution in [3.8, 4) is 5.75 Å². The molecule has 0 fully saturated rings. The lowest BCUT2D eigenvalue weighted by molar-refractivity contribution is -0.291. The minimum atomic E-state index is -1.81. The average molecular weight is 895 g/mol. The summed E-state index contributed by atoms with van der Waals surface area (Å²) in [7, 11) is 0. The molecule has 10 aromatic rings. The van der Waals surface area contributed by atoms with Crippen molar-refractivity contribution in [3.63, 3.8) is 0 Å². The van der Waals surface area contributed by atoms with E-state index in [9.17, 15) is 9.84 Å². The van der Waals surface area contributed by atoms with Gasteiger partial charge in [0.2, 0.25) is 0 Å². The maximum Gasteiger partial charge on any atom is 0.193 e. The molecule has 0 amide bonds. The quantitative estimate of drug-likeness (QED) is 0.0982. The molecular weight excluding hydrogens is 841 g/mol. The SMILES string of the molecule is CC(O)(c1ccccc1)C(OC(c1ccccc1)(C(Oc1ccccc1)(c1ccccc1)c1ccccc1)C(c1ccccc1)(c1ccccc1)c1ccccc1)(c1ccccc1)c1ccccc1. The monoisotopic (exact) mass is 894 g/mol. The number of hydrogen-bond donors (Lipinski definition) is 1. The summed E-state index contributed by atoms with van der Waals surface area (Å²) in [6.07, 6.45) is 0. The first-order chi connectivity index (χ1) is 34.0. The Morgan fingerprint density at radius 3 is 0.797 bits per heavy atom. The fraction of sp³-hybridized carbons (Fsp3) is 0.0909. The lowest BCUT2D eigenvalue weighted by atomic mass is 9.49. The van der Waals surface area contributed by atoms with Gasteiger partial charge in [-0.3, -0.25) is 0 Å². The molecule has 0 bridgehead atoms. The maximum atomic E-state index is 14.5. The van der Waals surface area contributed by atoms with E-state index in [4.69, 9.17) is 4.74 Å². The van der Waals surface area contributed by atoms with E-state index >= 15 is 0 Å². The van der Waals surface area contributed by atoms with Crippen LogP contribution in [0.15, 0.2) is 303 Å². The highest BCUT2D eigenvalue weighted by Gasteiger charge is 2.74. The van der Waals surface area contributed by atoms with Gasteiger partial charge in [-0.25, -0.2) is 0 Å². The molecule has 10 rings (SSSR count). The molecule has 336 valence electrons. The van der Waals surface area contributed by atoms with Crippen LogP contribution >= 0.6 is 0 Å². The van der Waals surface area contributed by atoms with Crippen molar-refractivity contribution in [3.05, 3.63) is 353 Å². The first kappa shape index (κ1) is 44.7. The van der Waals surface area contributed by atoms with Gasteiger partial charge in [0.05, 0.1) is 5.41 Å². The summed E-state index contributed by atoms with van der Waals surface area (Å²) < 4.78 is 17.6. The van der Waals surface area contributed by atoms with Crippen LogP contribution < -0.4 is 4.74 Å². The molecule has 10 aromatic carbocycles. The molecule has 69 heavy (non-hydrogen) atoms. The van der Waals surface area contributed by atoms with E-state index in [-0.39, 0.29) is 0 Å². The first-order valence-electron chi connectivity index (χ1n) is 23.6. The Balaban J connectivity index is 1.57. The van der Waals surface area contributed by atoms with Crippen molar-refractivity contribution < 1.29 is 14.6 Å². The van der Waals surface area contributed by atoms with Gasteiger partial charge in [-0.15, -0.1) is 0 Å². The van der Waals surface area contributed by atoms with Gasteiger partial charge in [0.15, 0.2) is 16.8 Å². The average Bonchev–Trinajstić information content (AvgIpc) is 3.44. The molecule has 0 spiro atoms. The third-order valence-electron chi connectivity index (χ3n) is 13.9. The largest absolute Gasteiger partial charge is 0.474 e. The molecule has 3 nitrogen and oxygen atoms in total. The number of aliphatic hydroxyl groups is 1. The van der Waals surface area contributed by atoms with Crippen molar-refractivity contribution in [2.75, 3.05) is 0 Å². The van der Waals surface area contributed by atoms with E-state index in [1.807, 2.05) is 116 Å². The summed E-state index contributed by atoms with van der Waals surface area (Å²) in [5, 5.41) is 14.5. The topological polar surface area (TPSA) is 38.7 Å². The van der Waals surface area contributed by atoms with Crippen LogP contribution in [0.5, 0.6) is 5.75 Å². The Hall–Kier alpha value is -8.08. The molecule has 0 aromatic heterocycles. The minimum Gasteiger partial charge on any atom is -0.474 e. The molecule has 1 N–H and O–H groups in total. The summed E-state index contributed by atoms with van der Waals surface area (Å²) in [6.45, 7) is 1.90. The first-order valence-corrected chi connectivity index (χ1v) is 23.6. The van der Waals surface area contributed by atoms with Crippen LogP contribution in [0.4, 0.5) is 0 Å². The van der Waals surface area contributed by atoms with Crippen LogP contribution in [-0.4, -0.2) is 5.11 Å². The zero-order chi connectivity index (χ0) is 47.0. The highest BCUT2D eigenvalue weighted by molar-refractivity contribution is 5.63. The fourth-order valence-corrected chi connectivity index (χ4v) is 11.0. The van der Waals surface area contributed by atoms with Crippen LogP contribution in [0.25, 0.3) is 0 Å². The number of ether oxygens (including phenoxy) is 2. The Kier molecular flexibility index (Phi) is 12.5. The predicted octanol–water partition coefficient (Wildman–Crippen LogP) is 14.8. The molecule has 2 atom stereocenters. The van der Waals surface area contributed by atoms with E-state index in [0.29, 0.717) is 11.3 Å². The normalized spacial score (nSPS) is 13.7. The second kappa shape index (κ2) is 19.3. The lowest BCUT2D eigenvalue weighted by Crippen LogP contribution is -2.70. The highest BCUT2D eigenvalue weighted by atomic mass is 16.6. The van der Waals surface area contributed by atoms with Crippen LogP contribution in [0.3, 0.4) is 0 Å². The zero-order valence-corrected chi connectivity index (χ0v) is 38.6. The van der Waals surface area contributed by atoms with Crippen LogP contribution in [0.2, 0.25) is 0 Å². The second-order valence-corrected chi connectivity index (χ2v) is 17.7. The standard InChI is InChI=1S/C66H54O3/c1-62(67,52-32-12-2-13-33-52)64(56-40-20-6-21-41-56,57-42-22-7-23-43-57)69-66(60-48-28-10-29-49-60,63(53-34-14-3-15-35-53,54-36-16-4-17-37-54)55-38-18-5-19-39-55)65(58-44-24-8-25-45-58,59-46-26-9-27-47-59)68-61-50-30-11-31-51-61/h2-51,67H,1H3. The Morgan fingerprint density at radius 1 is 0.261 bits per heavy atom. The van der Waals surface area contributed by atoms with Gasteiger partial charge in [-0.05, 0) is 58.0 Å². The third-order valence-corrected chi connectivity index (χ3v) is 13.9. The Morgan fingerprint density at radius 2 is 0.493 bits per heavy atom. The van der Waals surface area contributed by atoms with Gasteiger partial charge < -0.3 is 14.6 Å². The molecule has 0 radical (unpaired) electrons. The molecule has 0 aliphatic heterocycles. The van der Waals surface area contributed by atoms with Crippen molar-refractivity contribution in [1.29, 1.82) is 0 Å². The molecule has 0 aliphatic carbocycles. The van der Waals surface area contributed by atoms with Crippen molar-refractivity contribution in [2.45, 2.75) is 34.7 Å². The summed E-state index contributed by atoms with van der Waals surface area (Å²) >= 11 is 0. The molecular formula is C66H54O3. The number of hydrogen-bond acceptors (Lipinski definition) is 3. The van der Waals surface area contributed by atoms with Crippen molar-refractivity contribution >= 4 is 0 Å². The number of para-hydroxylation sites is 1. The molecule has 2 unspecified atom stereocenters. The van der Waals surface area contributed by atoms with Gasteiger partial charge >= 0.3 is 0 Å². The van der Waals surface area contributed by atoms with E-state index in [1.54, 1.807) is 0 Å². The smallest absolute Gasteiger partial charge is 0.193 e. The third kappa shape index (κ3) is 7.48. The van der Waals surface area contributed by atoms with Crippen molar-refractivity contribution in [1.82, 2.24) is 0 Å². The Labute approximate surface area is 406 Å². The van der Waals surface area contributed by atoms with Crippen LogP contribution in [0, 0.1) is 0 Å². The summed E-state index contributed by atoms with van der Waals surface area (Å²) in [4.78, 5) is 0. The van der Waals surface area contributed by atoms with Gasteiger partial charge in [-0.1, -0.05) is 291 Å².